The Morgan fingerprint density at radius 2 is 2.43 bits per heavy atom. The van der Waals surface area contributed by atoms with Crippen molar-refractivity contribution in [2.45, 2.75) is 19.4 Å². The van der Waals surface area contributed by atoms with E-state index in [2.05, 4.69) is 10.3 Å². The van der Waals surface area contributed by atoms with Gasteiger partial charge in [0.25, 0.3) is 0 Å². The summed E-state index contributed by atoms with van der Waals surface area (Å²) in [5.74, 6) is 0. The molecule has 0 aliphatic carbocycles. The van der Waals surface area contributed by atoms with Crippen LogP contribution in [0, 0.1) is 10.1 Å². The standard InChI is InChI=1S/C7H12N4O2S/c1-7(2,8)4-10-6-9-3-5(14-6)11(12)13/h3H,4,8H2,1-2H3,(H,9,10). The number of aromatic nitrogens is 1. The molecule has 14 heavy (non-hydrogen) atoms. The van der Waals surface area contributed by atoms with E-state index in [1.54, 1.807) is 0 Å². The highest BCUT2D eigenvalue weighted by Gasteiger charge is 2.14. The Morgan fingerprint density at radius 3 is 2.86 bits per heavy atom. The Hall–Kier alpha value is -1.21. The van der Waals surface area contributed by atoms with Gasteiger partial charge in [-0.2, -0.15) is 0 Å². The maximum Gasteiger partial charge on any atom is 0.345 e. The molecule has 0 bridgehead atoms. The second-order valence-electron chi connectivity index (χ2n) is 3.60. The van der Waals surface area contributed by atoms with Crippen LogP contribution in [0.5, 0.6) is 0 Å². The van der Waals surface area contributed by atoms with E-state index in [0.717, 1.165) is 11.3 Å². The Kier molecular flexibility index (Phi) is 3.02. The predicted octanol–water partition coefficient (Wildman–Crippen LogP) is 1.20. The van der Waals surface area contributed by atoms with Crippen LogP contribution in [0.3, 0.4) is 0 Å². The number of nitrogens with two attached hydrogens (primary N) is 1. The smallest absolute Gasteiger partial charge is 0.345 e. The zero-order valence-corrected chi connectivity index (χ0v) is 8.80. The molecule has 0 aliphatic rings. The largest absolute Gasteiger partial charge is 0.360 e. The minimum Gasteiger partial charge on any atom is -0.360 e. The molecule has 0 atom stereocenters. The van der Waals surface area contributed by atoms with E-state index in [9.17, 15) is 10.1 Å². The van der Waals surface area contributed by atoms with Crippen LogP contribution in [0.2, 0.25) is 0 Å². The second-order valence-corrected chi connectivity index (χ2v) is 4.61. The Labute approximate surface area is 85.3 Å². The van der Waals surface area contributed by atoms with E-state index in [1.165, 1.54) is 6.20 Å². The highest BCUT2D eigenvalue weighted by molar-refractivity contribution is 7.18. The summed E-state index contributed by atoms with van der Waals surface area (Å²) in [6.07, 6.45) is 1.23. The van der Waals surface area contributed by atoms with E-state index < -0.39 is 4.92 Å². The number of rotatable bonds is 4. The summed E-state index contributed by atoms with van der Waals surface area (Å²) < 4.78 is 0. The van der Waals surface area contributed by atoms with Crippen molar-refractivity contribution < 1.29 is 4.92 Å². The van der Waals surface area contributed by atoms with Crippen molar-refractivity contribution >= 4 is 21.5 Å². The quantitative estimate of drug-likeness (QED) is 0.582. The lowest BCUT2D eigenvalue weighted by Gasteiger charge is -2.17. The first-order valence-corrected chi connectivity index (χ1v) is 4.83. The van der Waals surface area contributed by atoms with Crippen LogP contribution in [0.15, 0.2) is 6.20 Å². The average molecular weight is 216 g/mol. The topological polar surface area (TPSA) is 94.1 Å². The zero-order valence-electron chi connectivity index (χ0n) is 7.98. The molecule has 0 saturated heterocycles. The van der Waals surface area contributed by atoms with Gasteiger partial charge < -0.3 is 11.1 Å². The predicted molar refractivity (Wildman–Crippen MR) is 55.5 cm³/mol. The van der Waals surface area contributed by atoms with Crippen molar-refractivity contribution in [1.82, 2.24) is 4.98 Å². The molecule has 7 heteroatoms. The van der Waals surface area contributed by atoms with Gasteiger partial charge in [-0.3, -0.25) is 10.1 Å². The lowest BCUT2D eigenvalue weighted by molar-refractivity contribution is -0.380. The lowest BCUT2D eigenvalue weighted by Crippen LogP contribution is -2.39. The number of nitro groups is 1. The van der Waals surface area contributed by atoms with Crippen molar-refractivity contribution in [1.29, 1.82) is 0 Å². The minimum atomic E-state index is -0.462. The average Bonchev–Trinajstić information content (AvgIpc) is 2.47. The van der Waals surface area contributed by atoms with Gasteiger partial charge in [-0.15, -0.1) is 0 Å². The Bertz CT molecular complexity index is 331. The monoisotopic (exact) mass is 216 g/mol. The number of thiazole rings is 1. The summed E-state index contributed by atoms with van der Waals surface area (Å²) in [6.45, 7) is 4.25. The molecular weight excluding hydrogens is 204 g/mol. The molecule has 1 heterocycles. The van der Waals surface area contributed by atoms with Crippen LogP contribution in [0.4, 0.5) is 10.1 Å². The fraction of sp³-hybridized carbons (Fsp3) is 0.571. The molecular formula is C7H12N4O2S. The Morgan fingerprint density at radius 1 is 1.79 bits per heavy atom. The van der Waals surface area contributed by atoms with E-state index in [0.29, 0.717) is 11.7 Å². The Balaban J connectivity index is 2.56. The van der Waals surface area contributed by atoms with Crippen molar-refractivity contribution in [3.05, 3.63) is 16.3 Å². The minimum absolute atomic E-state index is 0.0299. The third-order valence-corrected chi connectivity index (χ3v) is 2.28. The molecule has 1 aromatic heterocycles. The summed E-state index contributed by atoms with van der Waals surface area (Å²) in [4.78, 5) is 13.7. The molecule has 0 unspecified atom stereocenters. The fourth-order valence-electron chi connectivity index (χ4n) is 0.735. The first-order valence-electron chi connectivity index (χ1n) is 4.01. The second kappa shape index (κ2) is 3.89. The molecule has 0 aromatic carbocycles. The van der Waals surface area contributed by atoms with Gasteiger partial charge in [0.2, 0.25) is 0 Å². The number of nitrogens with one attached hydrogen (secondary N) is 1. The van der Waals surface area contributed by atoms with Crippen LogP contribution >= 0.6 is 11.3 Å². The summed E-state index contributed by atoms with van der Waals surface area (Å²) in [5.41, 5.74) is 5.37. The lowest BCUT2D eigenvalue weighted by atomic mass is 10.1. The highest BCUT2D eigenvalue weighted by atomic mass is 32.1. The van der Waals surface area contributed by atoms with E-state index in [-0.39, 0.29) is 10.5 Å². The summed E-state index contributed by atoms with van der Waals surface area (Å²) in [5, 5.41) is 13.8. The fourth-order valence-corrected chi connectivity index (χ4v) is 1.36. The SMILES string of the molecule is CC(C)(N)CNc1ncc([N+](=O)[O-])s1. The summed E-state index contributed by atoms with van der Waals surface area (Å²) in [6, 6.07) is 0. The third kappa shape index (κ3) is 3.27. The van der Waals surface area contributed by atoms with Crippen LogP contribution in [0.1, 0.15) is 13.8 Å². The van der Waals surface area contributed by atoms with E-state index >= 15 is 0 Å². The molecule has 6 nitrogen and oxygen atoms in total. The van der Waals surface area contributed by atoms with Crippen LogP contribution < -0.4 is 11.1 Å². The van der Waals surface area contributed by atoms with Crippen LogP contribution in [-0.2, 0) is 0 Å². The van der Waals surface area contributed by atoms with Crippen molar-refractivity contribution in [2.24, 2.45) is 5.73 Å². The van der Waals surface area contributed by atoms with Crippen molar-refractivity contribution in [2.75, 3.05) is 11.9 Å². The number of hydrogen-bond donors (Lipinski definition) is 2. The van der Waals surface area contributed by atoms with Gasteiger partial charge in [0.15, 0.2) is 5.13 Å². The molecule has 78 valence electrons. The highest BCUT2D eigenvalue weighted by Crippen LogP contribution is 2.24. The summed E-state index contributed by atoms with van der Waals surface area (Å²) in [7, 11) is 0. The third-order valence-electron chi connectivity index (χ3n) is 1.37. The van der Waals surface area contributed by atoms with Crippen molar-refractivity contribution in [3.63, 3.8) is 0 Å². The van der Waals surface area contributed by atoms with Gasteiger partial charge >= 0.3 is 5.00 Å². The summed E-state index contributed by atoms with van der Waals surface area (Å²) >= 11 is 1.00. The normalized spacial score (nSPS) is 11.4. The van der Waals surface area contributed by atoms with E-state index in [4.69, 9.17) is 5.73 Å². The van der Waals surface area contributed by atoms with Gasteiger partial charge in [-0.1, -0.05) is 0 Å². The zero-order chi connectivity index (χ0) is 10.8. The number of nitrogens with zero attached hydrogens (tertiary/aromatic N) is 2. The van der Waals surface area contributed by atoms with Crippen LogP contribution in [-0.4, -0.2) is 22.0 Å². The van der Waals surface area contributed by atoms with Crippen molar-refractivity contribution in [3.8, 4) is 0 Å². The first kappa shape index (κ1) is 10.9. The first-order chi connectivity index (χ1) is 6.38. The van der Waals surface area contributed by atoms with Gasteiger partial charge in [0.1, 0.15) is 6.20 Å². The van der Waals surface area contributed by atoms with Crippen LogP contribution in [0.25, 0.3) is 0 Å². The maximum atomic E-state index is 10.3. The van der Waals surface area contributed by atoms with Gasteiger partial charge in [0, 0.05) is 12.1 Å². The molecule has 1 rings (SSSR count). The number of hydrogen-bond acceptors (Lipinski definition) is 6. The molecule has 0 radical (unpaired) electrons. The van der Waals surface area contributed by atoms with Gasteiger partial charge in [-0.05, 0) is 25.2 Å². The maximum absolute atomic E-state index is 10.3. The molecule has 0 amide bonds. The molecule has 0 saturated carbocycles. The molecule has 3 N–H and O–H groups in total. The molecule has 1 aromatic rings. The van der Waals surface area contributed by atoms with E-state index in [1.807, 2.05) is 13.8 Å². The number of anilines is 1. The van der Waals surface area contributed by atoms with Gasteiger partial charge in [-0.25, -0.2) is 4.98 Å². The molecule has 0 aliphatic heterocycles. The molecule has 0 spiro atoms. The molecule has 0 fully saturated rings. The van der Waals surface area contributed by atoms with Gasteiger partial charge in [0.05, 0.1) is 4.92 Å².